The number of benzene rings is 2. The summed E-state index contributed by atoms with van der Waals surface area (Å²) in [4.78, 5) is 25.6. The van der Waals surface area contributed by atoms with E-state index in [9.17, 15) is 9.18 Å². The van der Waals surface area contributed by atoms with E-state index in [2.05, 4.69) is 25.2 Å². The summed E-state index contributed by atoms with van der Waals surface area (Å²) in [5.41, 5.74) is 9.71. The van der Waals surface area contributed by atoms with Crippen molar-refractivity contribution >= 4 is 22.3 Å². The molecule has 4 aromatic rings. The second-order valence-electron chi connectivity index (χ2n) is 7.94. The Labute approximate surface area is 184 Å². The van der Waals surface area contributed by atoms with E-state index in [0.717, 1.165) is 42.8 Å². The van der Waals surface area contributed by atoms with Crippen LogP contribution in [0.2, 0.25) is 0 Å². The molecule has 5 rings (SSSR count). The monoisotopic (exact) mass is 430 g/mol. The van der Waals surface area contributed by atoms with Crippen LogP contribution < -0.4 is 21.5 Å². The Balaban J connectivity index is 1.56. The lowest BCUT2D eigenvalue weighted by Gasteiger charge is -2.29. The van der Waals surface area contributed by atoms with Crippen molar-refractivity contribution in [2.45, 2.75) is 6.92 Å². The molecular formula is C24H23FN6O. The Morgan fingerprint density at radius 1 is 0.969 bits per heavy atom. The van der Waals surface area contributed by atoms with Crippen LogP contribution >= 0.6 is 0 Å². The van der Waals surface area contributed by atoms with Crippen molar-refractivity contribution in [1.29, 1.82) is 0 Å². The van der Waals surface area contributed by atoms with Gasteiger partial charge in [0.1, 0.15) is 11.4 Å². The van der Waals surface area contributed by atoms with Gasteiger partial charge in [-0.2, -0.15) is 9.37 Å². The number of nitrogens with one attached hydrogen (secondary N) is 2. The minimum absolute atomic E-state index is 0.00512. The molecule has 1 saturated heterocycles. The normalized spacial score (nSPS) is 14.1. The third kappa shape index (κ3) is 3.58. The molecule has 1 fully saturated rings. The van der Waals surface area contributed by atoms with E-state index in [1.807, 2.05) is 37.3 Å². The molecular weight excluding hydrogens is 407 g/mol. The number of halogens is 1. The summed E-state index contributed by atoms with van der Waals surface area (Å²) in [5.74, 6) is -0.708. The molecule has 32 heavy (non-hydrogen) atoms. The van der Waals surface area contributed by atoms with Crippen LogP contribution in [0.5, 0.6) is 0 Å². The number of H-pyrrole nitrogens is 1. The van der Waals surface area contributed by atoms with Gasteiger partial charge >= 0.3 is 0 Å². The number of aromatic nitrogens is 3. The molecule has 2 aromatic carbocycles. The number of rotatable bonds is 3. The SMILES string of the molecule is Cc1c[nH]c(=O)c2ccc(-c3nc(-c4ccc(N5CCNCC5)cc4)c(F)nc3N)cc12. The lowest BCUT2D eigenvalue weighted by molar-refractivity contribution is 0.584. The number of aryl methyl sites for hydroxylation is 1. The molecule has 2 aromatic heterocycles. The van der Waals surface area contributed by atoms with Gasteiger partial charge in [0, 0.05) is 54.6 Å². The van der Waals surface area contributed by atoms with Gasteiger partial charge in [0.25, 0.3) is 5.56 Å². The van der Waals surface area contributed by atoms with Gasteiger partial charge in [-0.05, 0) is 42.1 Å². The van der Waals surface area contributed by atoms with Crippen molar-refractivity contribution in [3.8, 4) is 22.5 Å². The highest BCUT2D eigenvalue weighted by Gasteiger charge is 2.17. The fourth-order valence-electron chi connectivity index (χ4n) is 4.12. The average Bonchev–Trinajstić information content (AvgIpc) is 2.82. The highest BCUT2D eigenvalue weighted by atomic mass is 19.1. The van der Waals surface area contributed by atoms with Crippen LogP contribution in [0, 0.1) is 12.9 Å². The maximum atomic E-state index is 14.7. The Bertz CT molecular complexity index is 1360. The molecule has 8 heteroatoms. The molecule has 0 bridgehead atoms. The number of nitrogens with zero attached hydrogens (tertiary/aromatic N) is 3. The van der Waals surface area contributed by atoms with Crippen molar-refractivity contribution < 1.29 is 4.39 Å². The predicted octanol–water partition coefficient (Wildman–Crippen LogP) is 3.09. The quantitative estimate of drug-likeness (QED) is 0.462. The van der Waals surface area contributed by atoms with E-state index >= 15 is 0 Å². The van der Waals surface area contributed by atoms with Gasteiger partial charge < -0.3 is 20.9 Å². The Morgan fingerprint density at radius 2 is 1.69 bits per heavy atom. The van der Waals surface area contributed by atoms with Gasteiger partial charge in [0.05, 0.1) is 0 Å². The summed E-state index contributed by atoms with van der Waals surface area (Å²) >= 11 is 0. The van der Waals surface area contributed by atoms with Crippen LogP contribution in [-0.2, 0) is 0 Å². The molecule has 1 aliphatic heterocycles. The largest absolute Gasteiger partial charge is 0.382 e. The smallest absolute Gasteiger partial charge is 0.255 e. The van der Waals surface area contributed by atoms with Crippen LogP contribution in [0.15, 0.2) is 53.5 Å². The molecule has 0 unspecified atom stereocenters. The first kappa shape index (κ1) is 20.1. The number of piperazine rings is 1. The first-order valence-electron chi connectivity index (χ1n) is 10.5. The van der Waals surface area contributed by atoms with Crippen LogP contribution in [0.25, 0.3) is 33.3 Å². The molecule has 0 saturated carbocycles. The van der Waals surface area contributed by atoms with E-state index < -0.39 is 5.95 Å². The number of hydrogen-bond acceptors (Lipinski definition) is 6. The van der Waals surface area contributed by atoms with Crippen molar-refractivity contribution in [2.75, 3.05) is 36.8 Å². The third-order valence-corrected chi connectivity index (χ3v) is 5.89. The Morgan fingerprint density at radius 3 is 2.44 bits per heavy atom. The number of hydrogen-bond donors (Lipinski definition) is 3. The van der Waals surface area contributed by atoms with Crippen molar-refractivity contribution in [3.05, 3.63) is 70.5 Å². The van der Waals surface area contributed by atoms with Gasteiger partial charge in [-0.25, -0.2) is 4.98 Å². The zero-order chi connectivity index (χ0) is 22.2. The fraction of sp³-hybridized carbons (Fsp3) is 0.208. The summed E-state index contributed by atoms with van der Waals surface area (Å²) < 4.78 is 14.7. The second kappa shape index (κ2) is 8.05. The number of aromatic amines is 1. The standard InChI is InChI=1S/C24H23FN6O/c1-14-13-28-24(32)18-7-4-16(12-19(14)18)21-23(26)30-22(25)20(29-21)15-2-5-17(6-3-15)31-10-8-27-9-11-31/h2-7,12-13,27H,8-11H2,1H3,(H2,26,30)(H,28,32). The Kier molecular flexibility index (Phi) is 5.07. The maximum Gasteiger partial charge on any atom is 0.255 e. The summed E-state index contributed by atoms with van der Waals surface area (Å²) in [7, 11) is 0. The lowest BCUT2D eigenvalue weighted by Crippen LogP contribution is -2.43. The minimum atomic E-state index is -0.713. The van der Waals surface area contributed by atoms with Gasteiger partial charge in [-0.3, -0.25) is 4.79 Å². The minimum Gasteiger partial charge on any atom is -0.382 e. The molecule has 4 N–H and O–H groups in total. The Hall–Kier alpha value is -3.78. The molecule has 0 atom stereocenters. The predicted molar refractivity (Wildman–Crippen MR) is 125 cm³/mol. The van der Waals surface area contributed by atoms with Crippen LogP contribution in [-0.4, -0.2) is 41.1 Å². The van der Waals surface area contributed by atoms with E-state index in [4.69, 9.17) is 5.73 Å². The van der Waals surface area contributed by atoms with Crippen molar-refractivity contribution in [3.63, 3.8) is 0 Å². The number of nitrogen functional groups attached to an aromatic ring is 1. The molecule has 1 aliphatic rings. The van der Waals surface area contributed by atoms with Gasteiger partial charge in [-0.15, -0.1) is 0 Å². The topological polar surface area (TPSA) is 99.9 Å². The van der Waals surface area contributed by atoms with Crippen molar-refractivity contribution in [1.82, 2.24) is 20.3 Å². The van der Waals surface area contributed by atoms with E-state index in [0.29, 0.717) is 22.2 Å². The number of anilines is 2. The summed E-state index contributed by atoms with van der Waals surface area (Å²) in [5, 5.41) is 4.70. The lowest BCUT2D eigenvalue weighted by atomic mass is 10.0. The van der Waals surface area contributed by atoms with Crippen LogP contribution in [0.4, 0.5) is 15.9 Å². The number of fused-ring (bicyclic) bond motifs is 1. The van der Waals surface area contributed by atoms with Gasteiger partial charge in [0.15, 0.2) is 5.82 Å². The molecule has 0 spiro atoms. The summed E-state index contributed by atoms with van der Waals surface area (Å²) in [6.45, 7) is 5.67. The third-order valence-electron chi connectivity index (χ3n) is 5.89. The first-order valence-corrected chi connectivity index (χ1v) is 10.5. The van der Waals surface area contributed by atoms with Gasteiger partial charge in [0.2, 0.25) is 5.95 Å². The molecule has 7 nitrogen and oxygen atoms in total. The van der Waals surface area contributed by atoms with Gasteiger partial charge in [-0.1, -0.05) is 18.2 Å². The molecule has 162 valence electrons. The summed E-state index contributed by atoms with van der Waals surface area (Å²) in [6.07, 6.45) is 1.67. The molecule has 0 radical (unpaired) electrons. The fourth-order valence-corrected chi connectivity index (χ4v) is 4.12. The van der Waals surface area contributed by atoms with E-state index in [-0.39, 0.29) is 17.1 Å². The number of pyridine rings is 1. The zero-order valence-corrected chi connectivity index (χ0v) is 17.7. The van der Waals surface area contributed by atoms with E-state index in [1.165, 1.54) is 0 Å². The molecule has 3 heterocycles. The second-order valence-corrected chi connectivity index (χ2v) is 7.94. The van der Waals surface area contributed by atoms with Crippen molar-refractivity contribution in [2.24, 2.45) is 0 Å². The van der Waals surface area contributed by atoms with Crippen LogP contribution in [0.3, 0.4) is 0 Å². The highest BCUT2D eigenvalue weighted by molar-refractivity contribution is 5.90. The first-order chi connectivity index (χ1) is 15.5. The van der Waals surface area contributed by atoms with Crippen LogP contribution in [0.1, 0.15) is 5.56 Å². The zero-order valence-electron chi connectivity index (χ0n) is 17.7. The maximum absolute atomic E-state index is 14.7. The average molecular weight is 430 g/mol. The highest BCUT2D eigenvalue weighted by Crippen LogP contribution is 2.31. The molecule has 0 amide bonds. The molecule has 0 aliphatic carbocycles. The summed E-state index contributed by atoms with van der Waals surface area (Å²) in [6, 6.07) is 13.0. The number of nitrogens with two attached hydrogens (primary N) is 1. The van der Waals surface area contributed by atoms with E-state index in [1.54, 1.807) is 18.3 Å².